The van der Waals surface area contributed by atoms with Crippen LogP contribution in [0.1, 0.15) is 49.0 Å². The highest BCUT2D eigenvalue weighted by Gasteiger charge is 2.12. The summed E-state index contributed by atoms with van der Waals surface area (Å²) in [6.07, 6.45) is 2.83. The third-order valence-corrected chi connectivity index (χ3v) is 4.41. The van der Waals surface area contributed by atoms with Crippen LogP contribution in [0.5, 0.6) is 5.75 Å². The Morgan fingerprint density at radius 2 is 1.75 bits per heavy atom. The second-order valence-electron chi connectivity index (χ2n) is 6.78. The Labute approximate surface area is 167 Å². The summed E-state index contributed by atoms with van der Waals surface area (Å²) in [7, 11) is 0. The Kier molecular flexibility index (Phi) is 9.05. The maximum Gasteiger partial charge on any atom is 0.255 e. The summed E-state index contributed by atoms with van der Waals surface area (Å²) < 4.78 is 5.48. The lowest BCUT2D eigenvalue weighted by Crippen LogP contribution is -2.33. The number of carbonyl (C=O) groups excluding carboxylic acids is 2. The Balaban J connectivity index is 1.64. The van der Waals surface area contributed by atoms with Crippen LogP contribution in [0.25, 0.3) is 0 Å². The third kappa shape index (κ3) is 7.43. The topological polar surface area (TPSA) is 67.4 Å². The highest BCUT2D eigenvalue weighted by molar-refractivity contribution is 5.96. The molecular formula is C23H30N2O3. The van der Waals surface area contributed by atoms with Crippen molar-refractivity contribution >= 4 is 11.8 Å². The number of carbonyl (C=O) groups is 2. The van der Waals surface area contributed by atoms with Gasteiger partial charge in [-0.3, -0.25) is 9.59 Å². The van der Waals surface area contributed by atoms with Gasteiger partial charge in [0.1, 0.15) is 5.75 Å². The first-order valence-electron chi connectivity index (χ1n) is 9.93. The average Bonchev–Trinajstić information content (AvgIpc) is 2.71. The van der Waals surface area contributed by atoms with Crippen LogP contribution in [0.15, 0.2) is 54.6 Å². The van der Waals surface area contributed by atoms with Crippen LogP contribution < -0.4 is 15.4 Å². The van der Waals surface area contributed by atoms with Crippen molar-refractivity contribution in [2.75, 3.05) is 13.2 Å². The maximum absolute atomic E-state index is 12.3. The van der Waals surface area contributed by atoms with E-state index in [0.717, 1.165) is 12.8 Å². The molecule has 1 atom stereocenters. The van der Waals surface area contributed by atoms with E-state index >= 15 is 0 Å². The Morgan fingerprint density at radius 3 is 2.50 bits per heavy atom. The van der Waals surface area contributed by atoms with Crippen LogP contribution in [0.4, 0.5) is 0 Å². The van der Waals surface area contributed by atoms with E-state index in [2.05, 4.69) is 22.8 Å². The molecule has 28 heavy (non-hydrogen) atoms. The van der Waals surface area contributed by atoms with Gasteiger partial charge in [-0.15, -0.1) is 0 Å². The molecule has 2 N–H and O–H groups in total. The molecule has 2 amide bonds. The lowest BCUT2D eigenvalue weighted by Gasteiger charge is -2.14. The van der Waals surface area contributed by atoms with E-state index in [4.69, 9.17) is 4.74 Å². The molecule has 0 aliphatic heterocycles. The van der Waals surface area contributed by atoms with Crippen molar-refractivity contribution < 1.29 is 14.3 Å². The predicted octanol–water partition coefficient (Wildman–Crippen LogP) is 3.73. The number of hydrogen-bond donors (Lipinski definition) is 2. The zero-order valence-corrected chi connectivity index (χ0v) is 16.7. The monoisotopic (exact) mass is 382 g/mol. The second kappa shape index (κ2) is 11.8. The molecule has 0 aliphatic carbocycles. The van der Waals surface area contributed by atoms with Crippen LogP contribution in [0.3, 0.4) is 0 Å². The predicted molar refractivity (Wildman–Crippen MR) is 112 cm³/mol. The summed E-state index contributed by atoms with van der Waals surface area (Å²) in [5.41, 5.74) is 1.79. The maximum atomic E-state index is 12.3. The molecule has 150 valence electrons. The van der Waals surface area contributed by atoms with E-state index < -0.39 is 0 Å². The number of aryl methyl sites for hydroxylation is 1. The van der Waals surface area contributed by atoms with E-state index in [1.54, 1.807) is 12.1 Å². The van der Waals surface area contributed by atoms with Gasteiger partial charge in [0.25, 0.3) is 5.91 Å². The molecule has 0 radical (unpaired) electrons. The first-order valence-corrected chi connectivity index (χ1v) is 9.93. The van der Waals surface area contributed by atoms with Gasteiger partial charge in [-0.2, -0.15) is 0 Å². The Bertz CT molecular complexity index is 747. The van der Waals surface area contributed by atoms with Crippen molar-refractivity contribution in [1.82, 2.24) is 10.6 Å². The number of rotatable bonds is 11. The summed E-state index contributed by atoms with van der Waals surface area (Å²) in [6.45, 7) is 4.86. The number of hydrogen-bond acceptors (Lipinski definition) is 3. The van der Waals surface area contributed by atoms with Crippen molar-refractivity contribution in [2.24, 2.45) is 0 Å². The summed E-state index contributed by atoms with van der Waals surface area (Å²) >= 11 is 0. The zero-order valence-electron chi connectivity index (χ0n) is 16.7. The van der Waals surface area contributed by atoms with Gasteiger partial charge in [-0.25, -0.2) is 0 Å². The quantitative estimate of drug-likeness (QED) is 0.582. The third-order valence-electron chi connectivity index (χ3n) is 4.41. The van der Waals surface area contributed by atoms with Crippen molar-refractivity contribution in [1.29, 1.82) is 0 Å². The van der Waals surface area contributed by atoms with Crippen LogP contribution >= 0.6 is 0 Å². The van der Waals surface area contributed by atoms with Crippen LogP contribution in [0, 0.1) is 0 Å². The standard InChI is InChI=1S/C23H30N2O3/c1-3-28-21-13-8-7-12-20(21)23(27)24-17-9-14-22(26)25-18(2)15-16-19-10-5-4-6-11-19/h4-8,10-13,18H,3,9,14-17H2,1-2H3,(H,24,27)(H,25,26). The molecule has 0 aromatic heterocycles. The lowest BCUT2D eigenvalue weighted by molar-refractivity contribution is -0.121. The Hall–Kier alpha value is -2.82. The number of nitrogens with one attached hydrogen (secondary N) is 2. The highest BCUT2D eigenvalue weighted by atomic mass is 16.5. The van der Waals surface area contributed by atoms with Gasteiger partial charge >= 0.3 is 0 Å². The summed E-state index contributed by atoms with van der Waals surface area (Å²) in [6, 6.07) is 17.5. The van der Waals surface area contributed by atoms with E-state index in [1.165, 1.54) is 5.56 Å². The van der Waals surface area contributed by atoms with Gasteiger partial charge in [0.2, 0.25) is 5.91 Å². The van der Waals surface area contributed by atoms with Gasteiger partial charge in [-0.05, 0) is 50.8 Å². The normalized spacial score (nSPS) is 11.5. The van der Waals surface area contributed by atoms with Crippen LogP contribution in [-0.2, 0) is 11.2 Å². The van der Waals surface area contributed by atoms with Gasteiger partial charge in [0, 0.05) is 19.0 Å². The van der Waals surface area contributed by atoms with E-state index in [0.29, 0.717) is 37.3 Å². The first kappa shape index (κ1) is 21.5. The number of para-hydroxylation sites is 1. The molecule has 0 saturated carbocycles. The molecule has 0 aliphatic rings. The lowest BCUT2D eigenvalue weighted by atomic mass is 10.1. The number of amides is 2. The minimum Gasteiger partial charge on any atom is -0.493 e. The first-order chi connectivity index (χ1) is 13.6. The SMILES string of the molecule is CCOc1ccccc1C(=O)NCCCC(=O)NC(C)CCc1ccccc1. The molecule has 2 aromatic rings. The minimum atomic E-state index is -0.180. The molecule has 2 rings (SSSR count). The minimum absolute atomic E-state index is 0.0181. The molecular weight excluding hydrogens is 352 g/mol. The van der Waals surface area contributed by atoms with Gasteiger partial charge < -0.3 is 15.4 Å². The molecule has 5 nitrogen and oxygen atoms in total. The summed E-state index contributed by atoms with van der Waals surface area (Å²) in [5.74, 6) is 0.415. The Morgan fingerprint density at radius 1 is 1.04 bits per heavy atom. The zero-order chi connectivity index (χ0) is 20.2. The van der Waals surface area contributed by atoms with Crippen molar-refractivity contribution in [2.45, 2.75) is 45.6 Å². The molecule has 0 bridgehead atoms. The molecule has 0 saturated heterocycles. The largest absolute Gasteiger partial charge is 0.493 e. The molecule has 0 spiro atoms. The second-order valence-corrected chi connectivity index (χ2v) is 6.78. The highest BCUT2D eigenvalue weighted by Crippen LogP contribution is 2.17. The molecule has 0 heterocycles. The smallest absolute Gasteiger partial charge is 0.255 e. The van der Waals surface area contributed by atoms with Gasteiger partial charge in [-0.1, -0.05) is 42.5 Å². The average molecular weight is 383 g/mol. The molecule has 2 aromatic carbocycles. The van der Waals surface area contributed by atoms with Crippen LogP contribution in [-0.4, -0.2) is 31.0 Å². The molecule has 1 unspecified atom stereocenters. The van der Waals surface area contributed by atoms with Crippen molar-refractivity contribution in [3.8, 4) is 5.75 Å². The van der Waals surface area contributed by atoms with E-state index in [-0.39, 0.29) is 17.9 Å². The fourth-order valence-corrected chi connectivity index (χ4v) is 2.93. The van der Waals surface area contributed by atoms with Crippen molar-refractivity contribution in [3.63, 3.8) is 0 Å². The van der Waals surface area contributed by atoms with Gasteiger partial charge in [0.05, 0.1) is 12.2 Å². The van der Waals surface area contributed by atoms with E-state index in [1.807, 2.05) is 44.2 Å². The fourth-order valence-electron chi connectivity index (χ4n) is 2.93. The number of benzene rings is 2. The molecule has 5 heteroatoms. The van der Waals surface area contributed by atoms with Gasteiger partial charge in [0.15, 0.2) is 0 Å². The van der Waals surface area contributed by atoms with Crippen LogP contribution in [0.2, 0.25) is 0 Å². The molecule has 0 fully saturated rings. The summed E-state index contributed by atoms with van der Waals surface area (Å²) in [4.78, 5) is 24.4. The fraction of sp³-hybridized carbons (Fsp3) is 0.391. The summed E-state index contributed by atoms with van der Waals surface area (Å²) in [5, 5.41) is 5.88. The number of ether oxygens (including phenoxy) is 1. The van der Waals surface area contributed by atoms with Crippen molar-refractivity contribution in [3.05, 3.63) is 65.7 Å². The van der Waals surface area contributed by atoms with E-state index in [9.17, 15) is 9.59 Å².